The molecule has 1 unspecified atom stereocenters. The summed E-state index contributed by atoms with van der Waals surface area (Å²) < 4.78 is 0. The molecule has 1 aromatic rings. The first kappa shape index (κ1) is 9.75. The standard InChI is InChI=1S/C9H9NO5/c11-5-2-1-4(3-6(5)12)8-7(9(13)14)10-15-8/h1-3,7-8,10-12H,(H,13,14)/t7-,8?/m0/s1. The maximum absolute atomic E-state index is 10.7. The van der Waals surface area contributed by atoms with E-state index in [0.717, 1.165) is 0 Å². The maximum Gasteiger partial charge on any atom is 0.326 e. The van der Waals surface area contributed by atoms with E-state index >= 15 is 0 Å². The molecule has 0 bridgehead atoms. The summed E-state index contributed by atoms with van der Waals surface area (Å²) in [5, 5.41) is 27.0. The minimum atomic E-state index is -1.03. The van der Waals surface area contributed by atoms with Gasteiger partial charge in [-0.15, -0.1) is 0 Å². The van der Waals surface area contributed by atoms with Crippen LogP contribution in [0.15, 0.2) is 18.2 Å². The molecule has 2 atom stereocenters. The number of carboxylic acids is 1. The molecule has 1 aliphatic heterocycles. The second-order valence-electron chi connectivity index (χ2n) is 3.22. The van der Waals surface area contributed by atoms with Gasteiger partial charge >= 0.3 is 5.97 Å². The van der Waals surface area contributed by atoms with Gasteiger partial charge in [-0.3, -0.25) is 9.63 Å². The number of hydroxylamine groups is 1. The summed E-state index contributed by atoms with van der Waals surface area (Å²) in [6.07, 6.45) is -0.644. The van der Waals surface area contributed by atoms with Crippen LogP contribution in [0.1, 0.15) is 11.7 Å². The van der Waals surface area contributed by atoms with Crippen LogP contribution in [0.2, 0.25) is 0 Å². The van der Waals surface area contributed by atoms with Crippen LogP contribution in [0.4, 0.5) is 0 Å². The molecule has 1 saturated heterocycles. The number of aromatic hydroxyl groups is 2. The Balaban J connectivity index is 2.23. The van der Waals surface area contributed by atoms with Gasteiger partial charge in [0.2, 0.25) is 0 Å². The molecule has 2 rings (SSSR count). The van der Waals surface area contributed by atoms with Gasteiger partial charge in [0.15, 0.2) is 17.5 Å². The fraction of sp³-hybridized carbons (Fsp3) is 0.222. The molecule has 0 saturated carbocycles. The third-order valence-electron chi connectivity index (χ3n) is 2.22. The molecule has 0 spiro atoms. The van der Waals surface area contributed by atoms with Crippen LogP contribution in [0.25, 0.3) is 0 Å². The van der Waals surface area contributed by atoms with Gasteiger partial charge in [-0.2, -0.15) is 5.48 Å². The van der Waals surface area contributed by atoms with E-state index in [-0.39, 0.29) is 11.5 Å². The van der Waals surface area contributed by atoms with Crippen molar-refractivity contribution in [1.82, 2.24) is 5.48 Å². The van der Waals surface area contributed by atoms with Crippen LogP contribution >= 0.6 is 0 Å². The monoisotopic (exact) mass is 211 g/mol. The minimum Gasteiger partial charge on any atom is -0.504 e. The minimum absolute atomic E-state index is 0.252. The molecule has 1 heterocycles. The lowest BCUT2D eigenvalue weighted by Gasteiger charge is -2.34. The first-order valence-electron chi connectivity index (χ1n) is 4.25. The number of phenolic OH excluding ortho intramolecular Hbond substituents is 2. The van der Waals surface area contributed by atoms with E-state index < -0.39 is 18.1 Å². The Morgan fingerprint density at radius 3 is 2.53 bits per heavy atom. The largest absolute Gasteiger partial charge is 0.504 e. The van der Waals surface area contributed by atoms with E-state index in [2.05, 4.69) is 5.48 Å². The number of carbonyl (C=O) groups is 1. The van der Waals surface area contributed by atoms with Gasteiger partial charge < -0.3 is 15.3 Å². The molecule has 6 heteroatoms. The molecule has 0 aliphatic carbocycles. The smallest absolute Gasteiger partial charge is 0.326 e. The van der Waals surface area contributed by atoms with Crippen LogP contribution in [0.3, 0.4) is 0 Å². The highest BCUT2D eigenvalue weighted by Gasteiger charge is 2.39. The van der Waals surface area contributed by atoms with E-state index in [9.17, 15) is 9.90 Å². The summed E-state index contributed by atoms with van der Waals surface area (Å²) in [6.45, 7) is 0. The Labute approximate surface area is 84.7 Å². The highest BCUT2D eigenvalue weighted by atomic mass is 16.7. The number of hydrogen-bond acceptors (Lipinski definition) is 5. The van der Waals surface area contributed by atoms with Crippen molar-refractivity contribution < 1.29 is 25.0 Å². The van der Waals surface area contributed by atoms with Gasteiger partial charge in [0.1, 0.15) is 6.10 Å². The number of rotatable bonds is 2. The van der Waals surface area contributed by atoms with Crippen LogP contribution in [0, 0.1) is 0 Å². The average molecular weight is 211 g/mol. The van der Waals surface area contributed by atoms with Crippen molar-refractivity contribution in [3.8, 4) is 11.5 Å². The Morgan fingerprint density at radius 1 is 1.33 bits per heavy atom. The summed E-state index contributed by atoms with van der Waals surface area (Å²) in [7, 11) is 0. The highest BCUT2D eigenvalue weighted by molar-refractivity contribution is 5.75. The van der Waals surface area contributed by atoms with Crippen molar-refractivity contribution in [2.45, 2.75) is 12.1 Å². The molecule has 6 nitrogen and oxygen atoms in total. The van der Waals surface area contributed by atoms with Gasteiger partial charge in [0.25, 0.3) is 0 Å². The fourth-order valence-corrected chi connectivity index (χ4v) is 1.36. The van der Waals surface area contributed by atoms with E-state index in [1.54, 1.807) is 0 Å². The maximum atomic E-state index is 10.7. The molecule has 4 N–H and O–H groups in total. The predicted octanol–water partition coefficient (Wildman–Crippen LogP) is 0.127. The average Bonchev–Trinajstić information content (AvgIpc) is 2.08. The van der Waals surface area contributed by atoms with Crippen molar-refractivity contribution >= 4 is 5.97 Å². The molecule has 0 aromatic heterocycles. The molecule has 0 amide bonds. The number of aliphatic carboxylic acids is 1. The van der Waals surface area contributed by atoms with E-state index in [1.807, 2.05) is 0 Å². The molecular formula is C9H9NO5. The number of hydrogen-bond donors (Lipinski definition) is 4. The Kier molecular flexibility index (Phi) is 2.22. The van der Waals surface area contributed by atoms with Crippen LogP contribution in [0.5, 0.6) is 11.5 Å². The first-order chi connectivity index (χ1) is 7.09. The molecule has 0 radical (unpaired) electrons. The van der Waals surface area contributed by atoms with Gasteiger partial charge in [0.05, 0.1) is 0 Å². The van der Waals surface area contributed by atoms with Crippen molar-refractivity contribution in [3.05, 3.63) is 23.8 Å². The fourth-order valence-electron chi connectivity index (χ4n) is 1.36. The van der Waals surface area contributed by atoms with Gasteiger partial charge in [0, 0.05) is 0 Å². The zero-order valence-electron chi connectivity index (χ0n) is 7.54. The number of carboxylic acid groups (broad SMARTS) is 1. The normalized spacial score (nSPS) is 24.5. The van der Waals surface area contributed by atoms with Gasteiger partial charge in [-0.05, 0) is 17.7 Å². The molecule has 15 heavy (non-hydrogen) atoms. The summed E-state index contributed by atoms with van der Waals surface area (Å²) >= 11 is 0. The second-order valence-corrected chi connectivity index (χ2v) is 3.22. The third kappa shape index (κ3) is 1.60. The summed E-state index contributed by atoms with van der Waals surface area (Å²) in [5.74, 6) is -1.58. The first-order valence-corrected chi connectivity index (χ1v) is 4.25. The SMILES string of the molecule is O=C(O)[C@H]1NOC1c1ccc(O)c(O)c1. The Hall–Kier alpha value is -1.79. The van der Waals surface area contributed by atoms with Crippen LogP contribution < -0.4 is 5.48 Å². The highest BCUT2D eigenvalue weighted by Crippen LogP contribution is 2.33. The van der Waals surface area contributed by atoms with Crippen molar-refractivity contribution in [1.29, 1.82) is 0 Å². The number of benzene rings is 1. The van der Waals surface area contributed by atoms with Crippen LogP contribution in [-0.2, 0) is 9.63 Å². The van der Waals surface area contributed by atoms with Crippen molar-refractivity contribution in [2.75, 3.05) is 0 Å². The molecule has 1 fully saturated rings. The molecule has 1 aliphatic rings. The zero-order valence-corrected chi connectivity index (χ0v) is 7.54. The zero-order chi connectivity index (χ0) is 11.0. The molecule has 80 valence electrons. The lowest BCUT2D eigenvalue weighted by molar-refractivity contribution is -0.195. The van der Waals surface area contributed by atoms with Crippen molar-refractivity contribution in [2.24, 2.45) is 0 Å². The van der Waals surface area contributed by atoms with Crippen molar-refractivity contribution in [3.63, 3.8) is 0 Å². The van der Waals surface area contributed by atoms with Gasteiger partial charge in [-0.25, -0.2) is 0 Å². The molecular weight excluding hydrogens is 202 g/mol. The van der Waals surface area contributed by atoms with E-state index in [0.29, 0.717) is 5.56 Å². The third-order valence-corrected chi connectivity index (χ3v) is 2.22. The lowest BCUT2D eigenvalue weighted by atomic mass is 10.0. The van der Waals surface area contributed by atoms with E-state index in [4.69, 9.17) is 15.1 Å². The van der Waals surface area contributed by atoms with Gasteiger partial charge in [-0.1, -0.05) is 6.07 Å². The second kappa shape index (κ2) is 3.41. The summed E-state index contributed by atoms with van der Waals surface area (Å²) in [6, 6.07) is 3.23. The van der Waals surface area contributed by atoms with Crippen LogP contribution in [-0.4, -0.2) is 27.3 Å². The summed E-state index contributed by atoms with van der Waals surface area (Å²) in [5.41, 5.74) is 2.78. The quantitative estimate of drug-likeness (QED) is 0.519. The Morgan fingerprint density at radius 2 is 2.07 bits per heavy atom. The number of phenols is 2. The molecule has 1 aromatic carbocycles. The van der Waals surface area contributed by atoms with E-state index in [1.165, 1.54) is 18.2 Å². The lowest BCUT2D eigenvalue weighted by Crippen LogP contribution is -2.53. The topological polar surface area (TPSA) is 99.0 Å². The Bertz CT molecular complexity index is 405. The summed E-state index contributed by atoms with van der Waals surface area (Å²) in [4.78, 5) is 15.5. The number of nitrogens with one attached hydrogen (secondary N) is 1. The predicted molar refractivity (Wildman–Crippen MR) is 48.2 cm³/mol.